The van der Waals surface area contributed by atoms with Gasteiger partial charge < -0.3 is 15.5 Å². The standard InChI is InChI=1S/C19H21N3O/c1-13-3-2-4-14(9-13)15-5-6-17-18(10-15)22-8-7-20-12-16(22)11-19(23)21-17/h2-6,9-10,16,20H,7-8,11-12H2,1H3,(H,21,23). The van der Waals surface area contributed by atoms with Gasteiger partial charge in [-0.15, -0.1) is 0 Å². The highest BCUT2D eigenvalue weighted by atomic mass is 16.1. The van der Waals surface area contributed by atoms with E-state index in [2.05, 4.69) is 58.9 Å². The number of nitrogens with zero attached hydrogens (tertiary/aromatic N) is 1. The second kappa shape index (κ2) is 5.70. The third-order valence-electron chi connectivity index (χ3n) is 4.70. The summed E-state index contributed by atoms with van der Waals surface area (Å²) in [6.07, 6.45) is 0.543. The van der Waals surface area contributed by atoms with Gasteiger partial charge in [-0.25, -0.2) is 0 Å². The van der Waals surface area contributed by atoms with Gasteiger partial charge in [-0.3, -0.25) is 4.79 Å². The van der Waals surface area contributed by atoms with Gasteiger partial charge in [-0.05, 0) is 30.2 Å². The molecule has 0 spiro atoms. The first-order valence-corrected chi connectivity index (χ1v) is 8.19. The van der Waals surface area contributed by atoms with Crippen LogP contribution < -0.4 is 15.5 Å². The van der Waals surface area contributed by atoms with Crippen LogP contribution in [0.1, 0.15) is 12.0 Å². The number of aryl methyl sites for hydroxylation is 1. The number of fused-ring (bicyclic) bond motifs is 3. The molecule has 2 aliphatic heterocycles. The summed E-state index contributed by atoms with van der Waals surface area (Å²) in [5, 5.41) is 6.46. The molecule has 1 unspecified atom stereocenters. The SMILES string of the molecule is Cc1cccc(-c2ccc3c(c2)N2CCNCC2CC(=O)N3)c1. The van der Waals surface area contributed by atoms with E-state index in [1.807, 2.05) is 6.07 Å². The topological polar surface area (TPSA) is 44.4 Å². The number of amides is 1. The lowest BCUT2D eigenvalue weighted by Crippen LogP contribution is -2.51. The number of piperazine rings is 1. The molecule has 0 bridgehead atoms. The molecule has 4 rings (SSSR count). The van der Waals surface area contributed by atoms with Crippen molar-refractivity contribution in [2.24, 2.45) is 0 Å². The number of rotatable bonds is 1. The maximum atomic E-state index is 12.1. The van der Waals surface area contributed by atoms with E-state index in [0.29, 0.717) is 6.42 Å². The summed E-state index contributed by atoms with van der Waals surface area (Å²) >= 11 is 0. The van der Waals surface area contributed by atoms with Crippen LogP contribution in [0.2, 0.25) is 0 Å². The Morgan fingerprint density at radius 1 is 1.13 bits per heavy atom. The number of hydrogen-bond acceptors (Lipinski definition) is 3. The number of nitrogens with one attached hydrogen (secondary N) is 2. The first kappa shape index (κ1) is 14.3. The van der Waals surface area contributed by atoms with Crippen molar-refractivity contribution in [2.75, 3.05) is 29.9 Å². The highest BCUT2D eigenvalue weighted by molar-refractivity contribution is 5.97. The predicted molar refractivity (Wildman–Crippen MR) is 93.9 cm³/mol. The summed E-state index contributed by atoms with van der Waals surface area (Å²) < 4.78 is 0. The average molecular weight is 307 g/mol. The smallest absolute Gasteiger partial charge is 0.226 e. The number of hydrogen-bond donors (Lipinski definition) is 2. The molecule has 2 heterocycles. The Kier molecular flexibility index (Phi) is 3.54. The van der Waals surface area contributed by atoms with Crippen molar-refractivity contribution in [3.63, 3.8) is 0 Å². The van der Waals surface area contributed by atoms with E-state index in [9.17, 15) is 4.79 Å². The number of carbonyl (C=O) groups excluding carboxylic acids is 1. The van der Waals surface area contributed by atoms with Gasteiger partial charge in [0.15, 0.2) is 0 Å². The van der Waals surface area contributed by atoms with Crippen LogP contribution in [-0.2, 0) is 4.79 Å². The molecule has 1 atom stereocenters. The Bertz CT molecular complexity index is 756. The fourth-order valence-electron chi connectivity index (χ4n) is 3.55. The molecule has 1 amide bonds. The van der Waals surface area contributed by atoms with Crippen molar-refractivity contribution in [3.8, 4) is 11.1 Å². The van der Waals surface area contributed by atoms with Crippen molar-refractivity contribution in [3.05, 3.63) is 48.0 Å². The zero-order chi connectivity index (χ0) is 15.8. The van der Waals surface area contributed by atoms with E-state index in [1.165, 1.54) is 16.7 Å². The molecule has 0 aliphatic carbocycles. The number of anilines is 2. The lowest BCUT2D eigenvalue weighted by molar-refractivity contribution is -0.116. The molecule has 1 saturated heterocycles. The second-order valence-corrected chi connectivity index (χ2v) is 6.41. The first-order chi connectivity index (χ1) is 11.2. The molecule has 4 nitrogen and oxygen atoms in total. The van der Waals surface area contributed by atoms with Crippen molar-refractivity contribution in [1.82, 2.24) is 5.32 Å². The highest BCUT2D eigenvalue weighted by Crippen LogP contribution is 2.36. The van der Waals surface area contributed by atoms with Gasteiger partial charge in [-0.1, -0.05) is 35.9 Å². The van der Waals surface area contributed by atoms with Crippen LogP contribution in [0.5, 0.6) is 0 Å². The van der Waals surface area contributed by atoms with Gasteiger partial charge in [0, 0.05) is 26.1 Å². The minimum Gasteiger partial charge on any atom is -0.364 e. The van der Waals surface area contributed by atoms with Crippen molar-refractivity contribution in [2.45, 2.75) is 19.4 Å². The van der Waals surface area contributed by atoms with Crippen LogP contribution in [0.3, 0.4) is 0 Å². The molecule has 2 aromatic carbocycles. The van der Waals surface area contributed by atoms with Crippen molar-refractivity contribution < 1.29 is 4.79 Å². The molecule has 1 fully saturated rings. The van der Waals surface area contributed by atoms with Gasteiger partial charge in [0.2, 0.25) is 5.91 Å². The molecular weight excluding hydrogens is 286 g/mol. The van der Waals surface area contributed by atoms with Gasteiger partial charge in [-0.2, -0.15) is 0 Å². The van der Waals surface area contributed by atoms with Crippen LogP contribution in [0.4, 0.5) is 11.4 Å². The first-order valence-electron chi connectivity index (χ1n) is 8.19. The van der Waals surface area contributed by atoms with Crippen molar-refractivity contribution >= 4 is 17.3 Å². The summed E-state index contributed by atoms with van der Waals surface area (Å²) in [7, 11) is 0. The summed E-state index contributed by atoms with van der Waals surface area (Å²) in [5.74, 6) is 0.103. The fraction of sp³-hybridized carbons (Fsp3) is 0.316. The maximum Gasteiger partial charge on any atom is 0.226 e. The lowest BCUT2D eigenvalue weighted by atomic mass is 10.0. The minimum atomic E-state index is 0.103. The van der Waals surface area contributed by atoms with Crippen LogP contribution >= 0.6 is 0 Å². The normalized spacial score (nSPS) is 20.3. The largest absolute Gasteiger partial charge is 0.364 e. The number of carbonyl (C=O) groups is 1. The fourth-order valence-corrected chi connectivity index (χ4v) is 3.55. The highest BCUT2D eigenvalue weighted by Gasteiger charge is 2.30. The molecule has 2 aromatic rings. The van der Waals surface area contributed by atoms with E-state index < -0.39 is 0 Å². The Hall–Kier alpha value is -2.33. The Balaban J connectivity index is 1.80. The molecule has 2 aliphatic rings. The zero-order valence-corrected chi connectivity index (χ0v) is 13.3. The molecule has 23 heavy (non-hydrogen) atoms. The third kappa shape index (κ3) is 2.70. The monoisotopic (exact) mass is 307 g/mol. The second-order valence-electron chi connectivity index (χ2n) is 6.41. The Labute approximate surface area is 136 Å². The third-order valence-corrected chi connectivity index (χ3v) is 4.70. The quantitative estimate of drug-likeness (QED) is 0.851. The van der Waals surface area contributed by atoms with E-state index in [1.54, 1.807) is 0 Å². The summed E-state index contributed by atoms with van der Waals surface area (Å²) in [4.78, 5) is 14.5. The predicted octanol–water partition coefficient (Wildman–Crippen LogP) is 2.78. The maximum absolute atomic E-state index is 12.1. The molecule has 4 heteroatoms. The van der Waals surface area contributed by atoms with Crippen LogP contribution in [0.25, 0.3) is 11.1 Å². The summed E-state index contributed by atoms with van der Waals surface area (Å²) in [5.41, 5.74) is 5.74. The summed E-state index contributed by atoms with van der Waals surface area (Å²) in [6.45, 7) is 4.86. The van der Waals surface area contributed by atoms with Gasteiger partial charge in [0.1, 0.15) is 0 Å². The average Bonchev–Trinajstić information content (AvgIpc) is 2.69. The Morgan fingerprint density at radius 3 is 2.87 bits per heavy atom. The van der Waals surface area contributed by atoms with E-state index >= 15 is 0 Å². The van der Waals surface area contributed by atoms with Crippen LogP contribution in [0, 0.1) is 6.92 Å². The molecule has 0 aromatic heterocycles. The molecule has 118 valence electrons. The molecule has 0 saturated carbocycles. The molecule has 2 N–H and O–H groups in total. The van der Waals surface area contributed by atoms with E-state index in [0.717, 1.165) is 31.0 Å². The van der Waals surface area contributed by atoms with E-state index in [4.69, 9.17) is 0 Å². The Morgan fingerprint density at radius 2 is 2.00 bits per heavy atom. The van der Waals surface area contributed by atoms with E-state index in [-0.39, 0.29) is 11.9 Å². The molecular formula is C19H21N3O. The van der Waals surface area contributed by atoms with Crippen LogP contribution in [-0.4, -0.2) is 31.6 Å². The summed E-state index contributed by atoms with van der Waals surface area (Å²) in [6, 6.07) is 15.1. The molecule has 0 radical (unpaired) electrons. The van der Waals surface area contributed by atoms with Gasteiger partial charge in [0.05, 0.1) is 17.4 Å². The zero-order valence-electron chi connectivity index (χ0n) is 13.3. The van der Waals surface area contributed by atoms with Gasteiger partial charge >= 0.3 is 0 Å². The van der Waals surface area contributed by atoms with Crippen molar-refractivity contribution in [1.29, 1.82) is 0 Å². The lowest BCUT2D eigenvalue weighted by Gasteiger charge is -2.36. The minimum absolute atomic E-state index is 0.103. The van der Waals surface area contributed by atoms with Crippen LogP contribution in [0.15, 0.2) is 42.5 Å². The number of benzene rings is 2. The van der Waals surface area contributed by atoms with Gasteiger partial charge in [0.25, 0.3) is 0 Å².